The zero-order valence-corrected chi connectivity index (χ0v) is 17.9. The molecule has 25 heavy (non-hydrogen) atoms. The Balaban J connectivity index is 0.00000312. The summed E-state index contributed by atoms with van der Waals surface area (Å²) in [5, 5.41) is 4.07. The van der Waals surface area contributed by atoms with Crippen LogP contribution >= 0.6 is 35.6 Å². The summed E-state index contributed by atoms with van der Waals surface area (Å²) < 4.78 is 11.0. The van der Waals surface area contributed by atoms with Gasteiger partial charge in [-0.2, -0.15) is 0 Å². The zero-order valence-electron chi connectivity index (χ0n) is 14.8. The Morgan fingerprint density at radius 3 is 2.96 bits per heavy atom. The molecule has 0 spiro atoms. The van der Waals surface area contributed by atoms with Gasteiger partial charge in [-0.25, -0.2) is 0 Å². The highest BCUT2D eigenvalue weighted by atomic mass is 127. The topological polar surface area (TPSA) is 46.1 Å². The van der Waals surface area contributed by atoms with Crippen LogP contribution in [0.25, 0.3) is 0 Å². The molecule has 0 saturated heterocycles. The van der Waals surface area contributed by atoms with E-state index in [1.54, 1.807) is 7.05 Å². The molecule has 5 nitrogen and oxygen atoms in total. The van der Waals surface area contributed by atoms with Crippen molar-refractivity contribution in [2.45, 2.75) is 12.8 Å². The minimum atomic E-state index is 0. The molecular weight excluding hydrogens is 453 g/mol. The lowest BCUT2D eigenvalue weighted by Crippen LogP contribution is -2.41. The summed E-state index contributed by atoms with van der Waals surface area (Å²) in [7, 11) is 3.80. The molecule has 2 rings (SSSR count). The van der Waals surface area contributed by atoms with E-state index in [1.165, 1.54) is 5.57 Å². The Kier molecular flexibility index (Phi) is 10.9. The Hall–Kier alpha value is -0.990. The van der Waals surface area contributed by atoms with Crippen LogP contribution in [-0.4, -0.2) is 57.9 Å². The van der Waals surface area contributed by atoms with Crippen LogP contribution < -0.4 is 10.1 Å². The number of rotatable bonds is 7. The number of aliphatic imine (C=N–C) groups is 1. The smallest absolute Gasteiger partial charge is 0.193 e. The first-order valence-corrected chi connectivity index (χ1v) is 8.62. The van der Waals surface area contributed by atoms with Gasteiger partial charge in [-0.3, -0.25) is 4.99 Å². The molecule has 7 heteroatoms. The number of nitrogens with one attached hydrogen (secondary N) is 1. The highest BCUT2D eigenvalue weighted by molar-refractivity contribution is 14.0. The fourth-order valence-corrected chi connectivity index (χ4v) is 2.66. The molecule has 0 bridgehead atoms. The van der Waals surface area contributed by atoms with Crippen LogP contribution in [-0.2, 0) is 4.74 Å². The highest BCUT2D eigenvalue weighted by Gasteiger charge is 2.07. The second kappa shape index (κ2) is 12.4. The Bertz CT molecular complexity index is 581. The molecule has 140 valence electrons. The molecule has 1 aromatic rings. The number of nitrogens with zero attached hydrogens (tertiary/aromatic N) is 2. The molecule has 1 N–H and O–H groups in total. The van der Waals surface area contributed by atoms with E-state index in [2.05, 4.69) is 21.3 Å². The van der Waals surface area contributed by atoms with Gasteiger partial charge in [0.25, 0.3) is 0 Å². The first kappa shape index (κ1) is 22.1. The maximum absolute atomic E-state index is 5.95. The summed E-state index contributed by atoms with van der Waals surface area (Å²) >= 11 is 5.95. The van der Waals surface area contributed by atoms with Crippen LogP contribution in [0.4, 0.5) is 0 Å². The van der Waals surface area contributed by atoms with Crippen LogP contribution in [0.5, 0.6) is 5.75 Å². The lowest BCUT2D eigenvalue weighted by molar-refractivity contribution is 0.153. The summed E-state index contributed by atoms with van der Waals surface area (Å²) in [6.07, 6.45) is 4.23. The Labute approximate surface area is 172 Å². The van der Waals surface area contributed by atoms with Crippen molar-refractivity contribution in [1.82, 2.24) is 10.2 Å². The summed E-state index contributed by atoms with van der Waals surface area (Å²) in [4.78, 5) is 6.38. The maximum atomic E-state index is 5.95. The zero-order chi connectivity index (χ0) is 17.2. The number of benzene rings is 1. The van der Waals surface area contributed by atoms with Gasteiger partial charge in [-0.15, -0.1) is 24.0 Å². The summed E-state index contributed by atoms with van der Waals surface area (Å²) in [6, 6.07) is 7.43. The van der Waals surface area contributed by atoms with Gasteiger partial charge >= 0.3 is 0 Å². The highest BCUT2D eigenvalue weighted by Crippen LogP contribution is 2.16. The number of hydrogen-bond acceptors (Lipinski definition) is 3. The Morgan fingerprint density at radius 2 is 2.28 bits per heavy atom. The van der Waals surface area contributed by atoms with Gasteiger partial charge in [0.2, 0.25) is 0 Å². The molecular formula is C18H27ClIN3O2. The predicted octanol–water partition coefficient (Wildman–Crippen LogP) is 3.58. The SMILES string of the molecule is CN=C(NCCC1=CCOCC1)N(C)CCOc1cccc(Cl)c1.I. The van der Waals surface area contributed by atoms with Gasteiger partial charge in [0.1, 0.15) is 12.4 Å². The van der Waals surface area contributed by atoms with Crippen LogP contribution in [0.2, 0.25) is 5.02 Å². The van der Waals surface area contributed by atoms with Crippen LogP contribution in [0.15, 0.2) is 40.9 Å². The van der Waals surface area contributed by atoms with E-state index in [1.807, 2.05) is 31.3 Å². The standard InChI is InChI=1S/C18H26ClN3O2.HI/c1-20-18(21-9-6-15-7-11-23-12-8-15)22(2)10-13-24-17-5-3-4-16(19)14-17;/h3-5,7,14H,6,8-13H2,1-2H3,(H,20,21);1H. The molecule has 0 radical (unpaired) electrons. The molecule has 0 amide bonds. The summed E-state index contributed by atoms with van der Waals surface area (Å²) in [5.41, 5.74) is 1.45. The van der Waals surface area contributed by atoms with E-state index in [-0.39, 0.29) is 24.0 Å². The molecule has 1 aromatic carbocycles. The van der Waals surface area contributed by atoms with Crippen LogP contribution in [0.1, 0.15) is 12.8 Å². The molecule has 0 atom stereocenters. The van der Waals surface area contributed by atoms with E-state index in [4.69, 9.17) is 21.1 Å². The number of guanidine groups is 1. The number of likely N-dealkylation sites (N-methyl/N-ethyl adjacent to an activating group) is 1. The van der Waals surface area contributed by atoms with Crippen LogP contribution in [0, 0.1) is 0 Å². The van der Waals surface area contributed by atoms with E-state index < -0.39 is 0 Å². The normalized spacial score (nSPS) is 14.4. The molecule has 1 aliphatic heterocycles. The quantitative estimate of drug-likeness (QED) is 0.281. The van der Waals surface area contributed by atoms with E-state index >= 15 is 0 Å². The van der Waals surface area contributed by atoms with Crippen molar-refractivity contribution in [3.8, 4) is 5.75 Å². The van der Waals surface area contributed by atoms with E-state index in [0.29, 0.717) is 11.6 Å². The molecule has 0 fully saturated rings. The second-order valence-electron chi connectivity index (χ2n) is 5.64. The number of ether oxygens (including phenoxy) is 2. The first-order chi connectivity index (χ1) is 11.7. The third-order valence-corrected chi connectivity index (χ3v) is 4.09. The molecule has 1 aliphatic rings. The van der Waals surface area contributed by atoms with Crippen molar-refractivity contribution in [2.24, 2.45) is 4.99 Å². The lowest BCUT2D eigenvalue weighted by Gasteiger charge is -2.22. The monoisotopic (exact) mass is 479 g/mol. The average Bonchev–Trinajstić information content (AvgIpc) is 2.59. The third kappa shape index (κ3) is 8.29. The second-order valence-corrected chi connectivity index (χ2v) is 6.08. The van der Waals surface area contributed by atoms with E-state index in [9.17, 15) is 0 Å². The van der Waals surface area contributed by atoms with Gasteiger partial charge < -0.3 is 19.7 Å². The minimum absolute atomic E-state index is 0. The van der Waals surface area contributed by atoms with Gasteiger partial charge in [-0.1, -0.05) is 29.3 Å². The van der Waals surface area contributed by atoms with Crippen molar-refractivity contribution in [1.29, 1.82) is 0 Å². The maximum Gasteiger partial charge on any atom is 0.193 e. The summed E-state index contributed by atoms with van der Waals surface area (Å²) in [6.45, 7) is 3.76. The number of halogens is 2. The molecule has 0 unspecified atom stereocenters. The average molecular weight is 480 g/mol. The van der Waals surface area contributed by atoms with Gasteiger partial charge in [0.15, 0.2) is 5.96 Å². The van der Waals surface area contributed by atoms with Gasteiger partial charge in [0, 0.05) is 25.7 Å². The minimum Gasteiger partial charge on any atom is -0.492 e. The Morgan fingerprint density at radius 1 is 1.44 bits per heavy atom. The van der Waals surface area contributed by atoms with Crippen molar-refractivity contribution in [3.63, 3.8) is 0 Å². The molecule has 0 aromatic heterocycles. The largest absolute Gasteiger partial charge is 0.492 e. The number of hydrogen-bond donors (Lipinski definition) is 1. The van der Waals surface area contributed by atoms with Gasteiger partial charge in [0.05, 0.1) is 19.8 Å². The fraction of sp³-hybridized carbons (Fsp3) is 0.500. The molecule has 0 aliphatic carbocycles. The van der Waals surface area contributed by atoms with Crippen molar-refractivity contribution in [3.05, 3.63) is 40.9 Å². The third-order valence-electron chi connectivity index (χ3n) is 3.85. The molecule has 1 heterocycles. The van der Waals surface area contributed by atoms with E-state index in [0.717, 1.165) is 50.9 Å². The first-order valence-electron chi connectivity index (χ1n) is 8.25. The predicted molar refractivity (Wildman–Crippen MR) is 114 cm³/mol. The van der Waals surface area contributed by atoms with Crippen molar-refractivity contribution in [2.75, 3.05) is 47.0 Å². The lowest BCUT2D eigenvalue weighted by atomic mass is 10.1. The fourth-order valence-electron chi connectivity index (χ4n) is 2.48. The van der Waals surface area contributed by atoms with Crippen LogP contribution in [0.3, 0.4) is 0 Å². The van der Waals surface area contributed by atoms with Crippen molar-refractivity contribution >= 4 is 41.5 Å². The molecule has 0 saturated carbocycles. The summed E-state index contributed by atoms with van der Waals surface area (Å²) in [5.74, 6) is 1.66. The van der Waals surface area contributed by atoms with Crippen molar-refractivity contribution < 1.29 is 9.47 Å². The van der Waals surface area contributed by atoms with Gasteiger partial charge in [-0.05, 0) is 31.0 Å².